The smallest absolute Gasteiger partial charge is 0.156 e. The normalized spacial score (nSPS) is 10.0. The average molecular weight is 235 g/mol. The zero-order valence-corrected chi connectivity index (χ0v) is 7.78. The van der Waals surface area contributed by atoms with Crippen LogP contribution < -0.4 is 0 Å². The van der Waals surface area contributed by atoms with E-state index in [4.69, 9.17) is 0 Å². The van der Waals surface area contributed by atoms with Gasteiger partial charge in [0.1, 0.15) is 5.82 Å². The predicted octanol–water partition coefficient (Wildman–Crippen LogP) is 2.85. The van der Waals surface area contributed by atoms with Crippen molar-refractivity contribution in [3.8, 4) is 0 Å². The van der Waals surface area contributed by atoms with E-state index in [1.807, 2.05) is 0 Å². The summed E-state index contributed by atoms with van der Waals surface area (Å²) in [6.45, 7) is 1.55. The van der Waals surface area contributed by atoms with Crippen LogP contribution in [0.5, 0.6) is 0 Å². The van der Waals surface area contributed by atoms with Crippen LogP contribution in [0.15, 0.2) is 10.5 Å². The molecule has 1 rings (SSSR count). The third-order valence-electron chi connectivity index (χ3n) is 1.49. The Balaban J connectivity index is 3.51. The minimum Gasteiger partial charge on any atom is -0.298 e. The molecule has 0 atom stereocenters. The molecule has 0 amide bonds. The Kier molecular flexibility index (Phi) is 2.57. The van der Waals surface area contributed by atoms with E-state index in [0.29, 0.717) is 5.56 Å². The molecule has 1 nitrogen and oxygen atoms in total. The number of carbonyl (C=O) groups is 1. The van der Waals surface area contributed by atoms with Crippen LogP contribution in [0.2, 0.25) is 0 Å². The van der Waals surface area contributed by atoms with E-state index in [-0.39, 0.29) is 10.8 Å². The minimum atomic E-state index is -0.845. The molecular formula is C8H5BrF2O. The molecule has 64 valence electrons. The molecule has 0 bridgehead atoms. The fraction of sp³-hybridized carbons (Fsp3) is 0.125. The van der Waals surface area contributed by atoms with E-state index in [1.165, 1.54) is 0 Å². The maximum absolute atomic E-state index is 13.0. The minimum absolute atomic E-state index is 0.131. The van der Waals surface area contributed by atoms with Crippen molar-refractivity contribution in [1.82, 2.24) is 0 Å². The number of aryl methyl sites for hydroxylation is 1. The van der Waals surface area contributed by atoms with Gasteiger partial charge in [0.2, 0.25) is 0 Å². The number of rotatable bonds is 1. The summed E-state index contributed by atoms with van der Waals surface area (Å²) in [6, 6.07) is 1.11. The first kappa shape index (κ1) is 9.32. The van der Waals surface area contributed by atoms with Crippen molar-refractivity contribution in [3.63, 3.8) is 0 Å². The standard InChI is InChI=1S/C8H5BrF2O/c1-4-2-6(10)5(3-12)8(11)7(4)9/h2-3H,1H3. The van der Waals surface area contributed by atoms with Crippen molar-refractivity contribution in [2.45, 2.75) is 6.92 Å². The Hall–Kier alpha value is -0.770. The van der Waals surface area contributed by atoms with Gasteiger partial charge in [-0.3, -0.25) is 4.79 Å². The SMILES string of the molecule is Cc1cc(F)c(C=O)c(F)c1Br. The summed E-state index contributed by atoms with van der Waals surface area (Å²) >= 11 is 2.90. The first-order valence-corrected chi connectivity index (χ1v) is 3.96. The lowest BCUT2D eigenvalue weighted by Gasteiger charge is -2.02. The first-order chi connectivity index (χ1) is 5.57. The molecule has 0 unspecified atom stereocenters. The van der Waals surface area contributed by atoms with Crippen molar-refractivity contribution < 1.29 is 13.6 Å². The van der Waals surface area contributed by atoms with Crippen molar-refractivity contribution in [3.05, 3.63) is 33.3 Å². The molecule has 0 aliphatic heterocycles. The summed E-state index contributed by atoms with van der Waals surface area (Å²) in [5.41, 5.74) is -0.108. The lowest BCUT2D eigenvalue weighted by atomic mass is 10.1. The Labute approximate surface area is 76.5 Å². The lowest BCUT2D eigenvalue weighted by Crippen LogP contribution is -1.96. The zero-order valence-electron chi connectivity index (χ0n) is 6.20. The molecule has 1 aromatic carbocycles. The fourth-order valence-electron chi connectivity index (χ4n) is 0.835. The van der Waals surface area contributed by atoms with Crippen LogP contribution in [-0.4, -0.2) is 6.29 Å². The summed E-state index contributed by atoms with van der Waals surface area (Å²) in [6.07, 6.45) is 0.162. The number of hydrogen-bond acceptors (Lipinski definition) is 1. The van der Waals surface area contributed by atoms with Crippen molar-refractivity contribution >= 4 is 22.2 Å². The summed E-state index contributed by atoms with van der Waals surface area (Å²) in [5, 5.41) is 0. The highest BCUT2D eigenvalue weighted by Crippen LogP contribution is 2.24. The van der Waals surface area contributed by atoms with E-state index in [9.17, 15) is 13.6 Å². The molecule has 12 heavy (non-hydrogen) atoms. The average Bonchev–Trinajstić information content (AvgIpc) is 2.01. The second-order valence-corrected chi connectivity index (χ2v) is 3.13. The first-order valence-electron chi connectivity index (χ1n) is 3.17. The van der Waals surface area contributed by atoms with Gasteiger partial charge in [-0.15, -0.1) is 0 Å². The number of aldehydes is 1. The molecule has 1 aromatic rings. The van der Waals surface area contributed by atoms with Crippen LogP contribution in [0, 0.1) is 18.6 Å². The zero-order chi connectivity index (χ0) is 9.30. The molecule has 0 saturated heterocycles. The van der Waals surface area contributed by atoms with Crippen LogP contribution in [0.4, 0.5) is 8.78 Å². The van der Waals surface area contributed by atoms with Crippen molar-refractivity contribution in [2.75, 3.05) is 0 Å². The second-order valence-electron chi connectivity index (χ2n) is 2.33. The Bertz CT molecular complexity index is 336. The van der Waals surface area contributed by atoms with Gasteiger partial charge < -0.3 is 0 Å². The summed E-state index contributed by atoms with van der Waals surface area (Å²) in [5.74, 6) is -1.68. The summed E-state index contributed by atoms with van der Waals surface area (Å²) in [4.78, 5) is 10.2. The molecular weight excluding hydrogens is 230 g/mol. The van der Waals surface area contributed by atoms with Gasteiger partial charge in [-0.25, -0.2) is 8.78 Å². The molecule has 0 saturated carbocycles. The lowest BCUT2D eigenvalue weighted by molar-refractivity contribution is 0.111. The molecule has 0 radical (unpaired) electrons. The van der Waals surface area contributed by atoms with Crippen LogP contribution in [-0.2, 0) is 0 Å². The van der Waals surface area contributed by atoms with Gasteiger partial charge in [-0.1, -0.05) is 0 Å². The van der Waals surface area contributed by atoms with Gasteiger partial charge in [0.15, 0.2) is 12.1 Å². The molecule has 0 fully saturated rings. The monoisotopic (exact) mass is 234 g/mol. The van der Waals surface area contributed by atoms with Gasteiger partial charge in [-0.2, -0.15) is 0 Å². The summed E-state index contributed by atoms with van der Waals surface area (Å²) < 4.78 is 25.9. The number of halogens is 3. The fourth-order valence-corrected chi connectivity index (χ4v) is 1.16. The molecule has 0 N–H and O–H groups in total. The highest BCUT2D eigenvalue weighted by Gasteiger charge is 2.13. The number of hydrogen-bond donors (Lipinski definition) is 0. The maximum atomic E-state index is 13.0. The Morgan fingerprint density at radius 1 is 1.50 bits per heavy atom. The van der Waals surface area contributed by atoms with Crippen LogP contribution in [0.1, 0.15) is 15.9 Å². The van der Waals surface area contributed by atoms with Gasteiger partial charge in [0.25, 0.3) is 0 Å². The highest BCUT2D eigenvalue weighted by molar-refractivity contribution is 9.10. The largest absolute Gasteiger partial charge is 0.298 e. The Morgan fingerprint density at radius 2 is 2.08 bits per heavy atom. The quantitative estimate of drug-likeness (QED) is 0.540. The van der Waals surface area contributed by atoms with Gasteiger partial charge in [-0.05, 0) is 34.5 Å². The van der Waals surface area contributed by atoms with Crippen LogP contribution in [0.3, 0.4) is 0 Å². The molecule has 0 spiro atoms. The molecule has 0 heterocycles. The van der Waals surface area contributed by atoms with E-state index in [2.05, 4.69) is 15.9 Å². The van der Waals surface area contributed by atoms with Crippen molar-refractivity contribution in [2.24, 2.45) is 0 Å². The number of carbonyl (C=O) groups excluding carboxylic acids is 1. The molecule has 0 aromatic heterocycles. The van der Waals surface area contributed by atoms with E-state index >= 15 is 0 Å². The second kappa shape index (κ2) is 3.31. The van der Waals surface area contributed by atoms with Crippen LogP contribution >= 0.6 is 15.9 Å². The van der Waals surface area contributed by atoms with E-state index in [1.54, 1.807) is 6.92 Å². The Morgan fingerprint density at radius 3 is 2.58 bits per heavy atom. The van der Waals surface area contributed by atoms with Crippen molar-refractivity contribution in [1.29, 1.82) is 0 Å². The third-order valence-corrected chi connectivity index (χ3v) is 2.47. The van der Waals surface area contributed by atoms with Crippen LogP contribution in [0.25, 0.3) is 0 Å². The topological polar surface area (TPSA) is 17.1 Å². The van der Waals surface area contributed by atoms with E-state index < -0.39 is 17.2 Å². The third kappa shape index (κ3) is 1.39. The van der Waals surface area contributed by atoms with Gasteiger partial charge >= 0.3 is 0 Å². The molecule has 0 aliphatic rings. The maximum Gasteiger partial charge on any atom is 0.156 e. The summed E-state index contributed by atoms with van der Waals surface area (Å²) in [7, 11) is 0. The predicted molar refractivity (Wildman–Crippen MR) is 44.2 cm³/mol. The molecule has 0 aliphatic carbocycles. The number of benzene rings is 1. The van der Waals surface area contributed by atoms with Gasteiger partial charge in [0.05, 0.1) is 10.0 Å². The van der Waals surface area contributed by atoms with E-state index in [0.717, 1.165) is 6.07 Å². The highest BCUT2D eigenvalue weighted by atomic mass is 79.9. The molecule has 4 heteroatoms. The van der Waals surface area contributed by atoms with Gasteiger partial charge in [0, 0.05) is 0 Å².